The van der Waals surface area contributed by atoms with Crippen LogP contribution in [0.25, 0.3) is 0 Å². The Morgan fingerprint density at radius 3 is 2.69 bits per heavy atom. The number of ketones is 1. The highest BCUT2D eigenvalue weighted by molar-refractivity contribution is 9.10. The van der Waals surface area contributed by atoms with Crippen LogP contribution in [0.5, 0.6) is 0 Å². The van der Waals surface area contributed by atoms with E-state index in [2.05, 4.69) is 15.9 Å². The molecule has 0 fully saturated rings. The third-order valence-corrected chi connectivity index (χ3v) is 3.90. The van der Waals surface area contributed by atoms with Gasteiger partial charge >= 0.3 is 0 Å². The molecule has 1 heterocycles. The minimum Gasteiger partial charge on any atom is -0.288 e. The van der Waals surface area contributed by atoms with Gasteiger partial charge in [-0.1, -0.05) is 0 Å². The fourth-order valence-corrected chi connectivity index (χ4v) is 2.75. The Balaban J connectivity index is 2.38. The second-order valence-corrected chi connectivity index (χ2v) is 5.25. The first-order valence-corrected chi connectivity index (χ1v) is 6.30. The average molecular weight is 299 g/mol. The molecule has 0 bridgehead atoms. The Morgan fingerprint density at radius 2 is 2.12 bits per heavy atom. The van der Waals surface area contributed by atoms with Crippen molar-refractivity contribution in [1.82, 2.24) is 0 Å². The van der Waals surface area contributed by atoms with E-state index in [-0.39, 0.29) is 11.6 Å². The largest absolute Gasteiger partial charge is 0.288 e. The van der Waals surface area contributed by atoms with Crippen LogP contribution >= 0.6 is 27.3 Å². The number of halogens is 2. The summed E-state index contributed by atoms with van der Waals surface area (Å²) in [4.78, 5) is 12.6. The number of rotatable bonds is 2. The van der Waals surface area contributed by atoms with E-state index in [4.69, 9.17) is 0 Å². The van der Waals surface area contributed by atoms with Crippen molar-refractivity contribution >= 4 is 33.0 Å². The molecule has 0 atom stereocenters. The van der Waals surface area contributed by atoms with Crippen molar-refractivity contribution in [2.24, 2.45) is 0 Å². The number of carbonyl (C=O) groups is 1. The van der Waals surface area contributed by atoms with Gasteiger partial charge in [-0.2, -0.15) is 0 Å². The van der Waals surface area contributed by atoms with Crippen molar-refractivity contribution < 1.29 is 9.18 Å². The molecular formula is C12H8BrFOS. The molecular weight excluding hydrogens is 291 g/mol. The van der Waals surface area contributed by atoms with Crippen LogP contribution in [0, 0.1) is 12.7 Å². The molecule has 2 rings (SSSR count). The highest BCUT2D eigenvalue weighted by atomic mass is 79.9. The minimum atomic E-state index is -0.288. The maximum Gasteiger partial charge on any atom is 0.202 e. The summed E-state index contributed by atoms with van der Waals surface area (Å²) in [5.41, 5.74) is 1.01. The molecule has 0 aliphatic heterocycles. The molecule has 82 valence electrons. The Kier molecular flexibility index (Phi) is 3.21. The summed E-state index contributed by atoms with van der Waals surface area (Å²) in [7, 11) is 0. The van der Waals surface area contributed by atoms with Crippen LogP contribution in [0.3, 0.4) is 0 Å². The van der Waals surface area contributed by atoms with Crippen molar-refractivity contribution in [1.29, 1.82) is 0 Å². The van der Waals surface area contributed by atoms with Gasteiger partial charge in [0.15, 0.2) is 0 Å². The highest BCUT2D eigenvalue weighted by Crippen LogP contribution is 2.23. The maximum atomic E-state index is 13.1. The average Bonchev–Trinajstić information content (AvgIpc) is 2.68. The lowest BCUT2D eigenvalue weighted by molar-refractivity contribution is 0.104. The zero-order valence-electron chi connectivity index (χ0n) is 8.46. The summed E-state index contributed by atoms with van der Waals surface area (Å²) >= 11 is 4.67. The standard InChI is InChI=1S/C12H8BrFOS/c1-7-4-8(2-3-10(7)14)12(15)11-5-9(13)6-16-11/h2-6H,1H3. The lowest BCUT2D eigenvalue weighted by atomic mass is 10.1. The summed E-state index contributed by atoms with van der Waals surface area (Å²) in [5.74, 6) is -0.359. The van der Waals surface area contributed by atoms with E-state index in [1.807, 2.05) is 5.38 Å². The number of thiophene rings is 1. The van der Waals surface area contributed by atoms with Gasteiger partial charge in [0.2, 0.25) is 5.78 Å². The molecule has 0 aliphatic carbocycles. The fraction of sp³-hybridized carbons (Fsp3) is 0.0833. The maximum absolute atomic E-state index is 13.1. The van der Waals surface area contributed by atoms with Crippen molar-refractivity contribution in [3.8, 4) is 0 Å². The van der Waals surface area contributed by atoms with E-state index >= 15 is 0 Å². The SMILES string of the molecule is Cc1cc(C(=O)c2cc(Br)cs2)ccc1F. The monoisotopic (exact) mass is 298 g/mol. The van der Waals surface area contributed by atoms with Crippen molar-refractivity contribution in [3.63, 3.8) is 0 Å². The lowest BCUT2D eigenvalue weighted by Gasteiger charge is -2.00. The summed E-state index contributed by atoms with van der Waals surface area (Å²) in [6.45, 7) is 1.65. The van der Waals surface area contributed by atoms with Crippen molar-refractivity contribution in [2.75, 3.05) is 0 Å². The van der Waals surface area contributed by atoms with E-state index in [1.54, 1.807) is 19.1 Å². The highest BCUT2D eigenvalue weighted by Gasteiger charge is 2.12. The molecule has 2 aromatic rings. The Hall–Kier alpha value is -1.00. The van der Waals surface area contributed by atoms with Crippen LogP contribution in [0.2, 0.25) is 0 Å². The molecule has 1 aromatic heterocycles. The van der Waals surface area contributed by atoms with E-state index in [1.165, 1.54) is 23.5 Å². The second-order valence-electron chi connectivity index (χ2n) is 3.42. The number of hydrogen-bond donors (Lipinski definition) is 0. The van der Waals surface area contributed by atoms with E-state index in [9.17, 15) is 9.18 Å². The molecule has 0 radical (unpaired) electrons. The van der Waals surface area contributed by atoms with Crippen LogP contribution in [0.1, 0.15) is 20.8 Å². The van der Waals surface area contributed by atoms with Gasteiger partial charge in [0.25, 0.3) is 0 Å². The quantitative estimate of drug-likeness (QED) is 0.760. The van der Waals surface area contributed by atoms with Gasteiger partial charge in [-0.05, 0) is 52.7 Å². The van der Waals surface area contributed by atoms with Crippen LogP contribution in [0.15, 0.2) is 34.1 Å². The predicted octanol–water partition coefficient (Wildman–Crippen LogP) is 4.19. The number of hydrogen-bond acceptors (Lipinski definition) is 2. The number of benzene rings is 1. The van der Waals surface area contributed by atoms with Gasteiger partial charge in [-0.15, -0.1) is 11.3 Å². The number of carbonyl (C=O) groups excluding carboxylic acids is 1. The molecule has 0 N–H and O–H groups in total. The first-order valence-electron chi connectivity index (χ1n) is 4.63. The second kappa shape index (κ2) is 4.47. The Bertz CT molecular complexity index is 548. The molecule has 0 saturated carbocycles. The topological polar surface area (TPSA) is 17.1 Å². The van der Waals surface area contributed by atoms with Gasteiger partial charge in [-0.25, -0.2) is 4.39 Å². The molecule has 16 heavy (non-hydrogen) atoms. The van der Waals surface area contributed by atoms with Crippen molar-refractivity contribution in [3.05, 3.63) is 55.9 Å². The van der Waals surface area contributed by atoms with E-state index < -0.39 is 0 Å². The molecule has 0 amide bonds. The fourth-order valence-electron chi connectivity index (χ4n) is 1.36. The summed E-state index contributed by atoms with van der Waals surface area (Å²) in [5, 5.41) is 1.85. The van der Waals surface area contributed by atoms with Crippen LogP contribution in [-0.2, 0) is 0 Å². The van der Waals surface area contributed by atoms with Crippen LogP contribution in [0.4, 0.5) is 4.39 Å². The summed E-state index contributed by atoms with van der Waals surface area (Å²) in [6.07, 6.45) is 0. The molecule has 1 aromatic carbocycles. The zero-order valence-corrected chi connectivity index (χ0v) is 10.9. The number of aryl methyl sites for hydroxylation is 1. The van der Waals surface area contributed by atoms with Gasteiger partial charge in [0, 0.05) is 15.4 Å². The third kappa shape index (κ3) is 2.23. The lowest BCUT2D eigenvalue weighted by Crippen LogP contribution is -1.99. The van der Waals surface area contributed by atoms with Gasteiger partial charge < -0.3 is 0 Å². The van der Waals surface area contributed by atoms with E-state index in [0.717, 1.165) is 4.47 Å². The third-order valence-electron chi connectivity index (χ3n) is 2.21. The van der Waals surface area contributed by atoms with Crippen LogP contribution in [-0.4, -0.2) is 5.78 Å². The minimum absolute atomic E-state index is 0.0706. The summed E-state index contributed by atoms with van der Waals surface area (Å²) in [6, 6.07) is 6.18. The smallest absolute Gasteiger partial charge is 0.202 e. The van der Waals surface area contributed by atoms with Crippen molar-refractivity contribution in [2.45, 2.75) is 6.92 Å². The Morgan fingerprint density at radius 1 is 1.38 bits per heavy atom. The normalized spacial score (nSPS) is 10.4. The summed E-state index contributed by atoms with van der Waals surface area (Å²) < 4.78 is 13.9. The molecule has 4 heteroatoms. The van der Waals surface area contributed by atoms with Gasteiger partial charge in [0.05, 0.1) is 4.88 Å². The molecule has 1 nitrogen and oxygen atoms in total. The van der Waals surface area contributed by atoms with Gasteiger partial charge in [0.1, 0.15) is 5.82 Å². The molecule has 0 spiro atoms. The van der Waals surface area contributed by atoms with Gasteiger partial charge in [-0.3, -0.25) is 4.79 Å². The first-order chi connectivity index (χ1) is 7.58. The van der Waals surface area contributed by atoms with E-state index in [0.29, 0.717) is 16.0 Å². The first kappa shape index (κ1) is 11.5. The molecule has 0 aliphatic rings. The zero-order chi connectivity index (χ0) is 11.7. The molecule has 0 unspecified atom stereocenters. The van der Waals surface area contributed by atoms with Crippen LogP contribution < -0.4 is 0 Å². The Labute approximate surface area is 105 Å². The predicted molar refractivity (Wildman–Crippen MR) is 66.6 cm³/mol. The molecule has 0 saturated heterocycles.